The Morgan fingerprint density at radius 3 is 1.88 bits per heavy atom. The molecule has 25 heavy (non-hydrogen) atoms. The largest absolute Gasteiger partial charge is 0.337 e. The Kier molecular flexibility index (Phi) is 5.05. The molecule has 0 aliphatic rings. The molecule has 0 N–H and O–H groups in total. The Hall–Kier alpha value is -3.20. The van der Waals surface area contributed by atoms with Gasteiger partial charge in [-0.2, -0.15) is 0 Å². The molecule has 1 amide bonds. The van der Waals surface area contributed by atoms with Crippen LogP contribution in [0.15, 0.2) is 84.9 Å². The quantitative estimate of drug-likeness (QED) is 0.658. The minimum atomic E-state index is -0.163. The molecule has 0 bridgehead atoms. The van der Waals surface area contributed by atoms with Gasteiger partial charge < -0.3 is 4.90 Å². The van der Waals surface area contributed by atoms with E-state index in [1.54, 1.807) is 48.3 Å². The molecule has 0 aromatic heterocycles. The Morgan fingerprint density at radius 1 is 0.720 bits per heavy atom. The summed E-state index contributed by atoms with van der Waals surface area (Å²) < 4.78 is 0. The average Bonchev–Trinajstić information content (AvgIpc) is 2.68. The van der Waals surface area contributed by atoms with Gasteiger partial charge >= 0.3 is 0 Å². The van der Waals surface area contributed by atoms with E-state index in [0.29, 0.717) is 23.2 Å². The Balaban J connectivity index is 1.87. The van der Waals surface area contributed by atoms with E-state index in [1.807, 2.05) is 48.5 Å². The predicted octanol–water partition coefficient (Wildman–Crippen LogP) is 4.19. The number of amides is 1. The van der Waals surface area contributed by atoms with E-state index >= 15 is 0 Å². The molecule has 0 spiro atoms. The molecule has 0 unspecified atom stereocenters. The van der Waals surface area contributed by atoms with Gasteiger partial charge in [-0.05, 0) is 11.6 Å². The fraction of sp³-hybridized carbons (Fsp3) is 0.0909. The number of hydrogen-bond donors (Lipinski definition) is 0. The van der Waals surface area contributed by atoms with Crippen molar-refractivity contribution in [2.24, 2.45) is 0 Å². The molecule has 0 radical (unpaired) electrons. The highest BCUT2D eigenvalue weighted by Gasteiger charge is 2.20. The third kappa shape index (κ3) is 3.83. The molecule has 3 heteroatoms. The minimum absolute atomic E-state index is 0.141. The predicted molar refractivity (Wildman–Crippen MR) is 98.6 cm³/mol. The molecule has 3 nitrogen and oxygen atoms in total. The summed E-state index contributed by atoms with van der Waals surface area (Å²) >= 11 is 0. The number of nitrogens with zero attached hydrogens (tertiary/aromatic N) is 1. The van der Waals surface area contributed by atoms with Crippen molar-refractivity contribution in [3.63, 3.8) is 0 Å². The number of ketones is 1. The minimum Gasteiger partial charge on any atom is -0.337 e. The fourth-order valence-electron chi connectivity index (χ4n) is 2.75. The van der Waals surface area contributed by atoms with Gasteiger partial charge in [0.2, 0.25) is 0 Å². The Morgan fingerprint density at radius 2 is 1.24 bits per heavy atom. The van der Waals surface area contributed by atoms with Gasteiger partial charge in [-0.25, -0.2) is 0 Å². The zero-order valence-electron chi connectivity index (χ0n) is 14.1. The Bertz CT molecular complexity index is 873. The number of benzene rings is 3. The topological polar surface area (TPSA) is 37.4 Å². The van der Waals surface area contributed by atoms with Crippen LogP contribution >= 0.6 is 0 Å². The van der Waals surface area contributed by atoms with Gasteiger partial charge in [-0.1, -0.05) is 78.9 Å². The number of carbonyl (C=O) groups excluding carboxylic acids is 2. The highest BCUT2D eigenvalue weighted by atomic mass is 16.2. The molecule has 0 fully saturated rings. The second-order valence-electron chi connectivity index (χ2n) is 5.89. The van der Waals surface area contributed by atoms with E-state index < -0.39 is 0 Å². The number of carbonyl (C=O) groups is 2. The molecular formula is C22H19NO2. The first-order chi connectivity index (χ1) is 12.2. The smallest absolute Gasteiger partial charge is 0.254 e. The summed E-state index contributed by atoms with van der Waals surface area (Å²) in [4.78, 5) is 27.3. The lowest BCUT2D eigenvalue weighted by Gasteiger charge is -2.19. The summed E-state index contributed by atoms with van der Waals surface area (Å²) in [5.41, 5.74) is 2.48. The summed E-state index contributed by atoms with van der Waals surface area (Å²) in [6.45, 7) is 0.494. The van der Waals surface area contributed by atoms with E-state index in [-0.39, 0.29) is 11.7 Å². The normalized spacial score (nSPS) is 10.3. The van der Waals surface area contributed by atoms with Crippen LogP contribution in [0.25, 0.3) is 0 Å². The summed E-state index contributed by atoms with van der Waals surface area (Å²) in [5.74, 6) is -0.304. The zero-order chi connectivity index (χ0) is 17.6. The SMILES string of the molecule is CN(Cc1ccccc1)C(=O)c1ccccc1C(=O)c1ccccc1. The Labute approximate surface area is 147 Å². The second-order valence-corrected chi connectivity index (χ2v) is 5.89. The average molecular weight is 329 g/mol. The lowest BCUT2D eigenvalue weighted by Crippen LogP contribution is -2.27. The summed E-state index contributed by atoms with van der Waals surface area (Å²) in [7, 11) is 1.75. The van der Waals surface area contributed by atoms with Gasteiger partial charge in [0, 0.05) is 24.7 Å². The first-order valence-corrected chi connectivity index (χ1v) is 8.15. The van der Waals surface area contributed by atoms with E-state index in [2.05, 4.69) is 0 Å². The van der Waals surface area contributed by atoms with E-state index in [4.69, 9.17) is 0 Å². The highest BCUT2D eigenvalue weighted by molar-refractivity contribution is 6.15. The molecular weight excluding hydrogens is 310 g/mol. The number of hydrogen-bond acceptors (Lipinski definition) is 2. The number of rotatable bonds is 5. The maximum atomic E-state index is 12.9. The summed E-state index contributed by atoms with van der Waals surface area (Å²) in [6, 6.07) is 25.8. The van der Waals surface area contributed by atoms with Gasteiger partial charge in [-0.3, -0.25) is 9.59 Å². The van der Waals surface area contributed by atoms with Crippen LogP contribution in [0.2, 0.25) is 0 Å². The third-order valence-electron chi connectivity index (χ3n) is 4.05. The van der Waals surface area contributed by atoms with Crippen LogP contribution in [0.3, 0.4) is 0 Å². The van der Waals surface area contributed by atoms with Crippen LogP contribution in [0.5, 0.6) is 0 Å². The molecule has 0 atom stereocenters. The summed E-state index contributed by atoms with van der Waals surface area (Å²) in [6.07, 6.45) is 0. The third-order valence-corrected chi connectivity index (χ3v) is 4.05. The van der Waals surface area contributed by atoms with Crippen molar-refractivity contribution in [3.8, 4) is 0 Å². The van der Waals surface area contributed by atoms with Crippen LogP contribution in [0, 0.1) is 0 Å². The molecule has 0 aliphatic heterocycles. The molecule has 124 valence electrons. The van der Waals surface area contributed by atoms with Gasteiger partial charge in [0.05, 0.1) is 5.56 Å². The van der Waals surface area contributed by atoms with Crippen LogP contribution in [0.4, 0.5) is 0 Å². The molecule has 0 heterocycles. The van der Waals surface area contributed by atoms with Gasteiger partial charge in [0.15, 0.2) is 5.78 Å². The molecule has 3 aromatic rings. The van der Waals surface area contributed by atoms with E-state index in [1.165, 1.54) is 0 Å². The molecule has 0 aliphatic carbocycles. The second kappa shape index (κ2) is 7.58. The van der Waals surface area contributed by atoms with Crippen molar-refractivity contribution in [1.82, 2.24) is 4.90 Å². The molecule has 0 saturated heterocycles. The van der Waals surface area contributed by atoms with Crippen LogP contribution in [0.1, 0.15) is 31.8 Å². The van der Waals surface area contributed by atoms with Gasteiger partial charge in [0.1, 0.15) is 0 Å². The molecule has 3 rings (SSSR count). The standard InChI is InChI=1S/C22H19NO2/c1-23(16-17-10-4-2-5-11-17)22(25)20-15-9-8-14-19(20)21(24)18-12-6-3-7-13-18/h2-15H,16H2,1H3. The first-order valence-electron chi connectivity index (χ1n) is 8.15. The lowest BCUT2D eigenvalue weighted by molar-refractivity contribution is 0.0780. The van der Waals surface area contributed by atoms with Crippen molar-refractivity contribution in [2.75, 3.05) is 7.05 Å². The molecule has 3 aromatic carbocycles. The van der Waals surface area contributed by atoms with Crippen LogP contribution in [-0.2, 0) is 6.54 Å². The van der Waals surface area contributed by atoms with Crippen molar-refractivity contribution < 1.29 is 9.59 Å². The highest BCUT2D eigenvalue weighted by Crippen LogP contribution is 2.17. The molecule has 0 saturated carbocycles. The van der Waals surface area contributed by atoms with Crippen LogP contribution in [-0.4, -0.2) is 23.6 Å². The van der Waals surface area contributed by atoms with Crippen molar-refractivity contribution >= 4 is 11.7 Å². The van der Waals surface area contributed by atoms with Gasteiger partial charge in [-0.15, -0.1) is 0 Å². The lowest BCUT2D eigenvalue weighted by atomic mass is 9.97. The van der Waals surface area contributed by atoms with E-state index in [9.17, 15) is 9.59 Å². The first kappa shape index (κ1) is 16.7. The monoisotopic (exact) mass is 329 g/mol. The summed E-state index contributed by atoms with van der Waals surface area (Å²) in [5, 5.41) is 0. The maximum absolute atomic E-state index is 12.9. The van der Waals surface area contributed by atoms with Crippen molar-refractivity contribution in [1.29, 1.82) is 0 Å². The van der Waals surface area contributed by atoms with E-state index in [0.717, 1.165) is 5.56 Å². The van der Waals surface area contributed by atoms with Crippen LogP contribution < -0.4 is 0 Å². The van der Waals surface area contributed by atoms with Crippen molar-refractivity contribution in [3.05, 3.63) is 107 Å². The van der Waals surface area contributed by atoms with Gasteiger partial charge in [0.25, 0.3) is 5.91 Å². The zero-order valence-corrected chi connectivity index (χ0v) is 14.1. The van der Waals surface area contributed by atoms with Crippen molar-refractivity contribution in [2.45, 2.75) is 6.54 Å². The fourth-order valence-corrected chi connectivity index (χ4v) is 2.75. The maximum Gasteiger partial charge on any atom is 0.254 e.